The molecule has 0 amide bonds. The van der Waals surface area contributed by atoms with E-state index in [1.54, 1.807) is 0 Å². The summed E-state index contributed by atoms with van der Waals surface area (Å²) in [7, 11) is 0. The molecule has 1 N–H and O–H groups in total. The minimum atomic E-state index is 0.789. The number of nitrogens with one attached hydrogen (secondary N) is 1. The summed E-state index contributed by atoms with van der Waals surface area (Å²) >= 11 is 0. The van der Waals surface area contributed by atoms with E-state index in [2.05, 4.69) is 31.0 Å². The van der Waals surface area contributed by atoms with Crippen molar-refractivity contribution in [1.29, 1.82) is 0 Å². The summed E-state index contributed by atoms with van der Waals surface area (Å²) in [5.41, 5.74) is 0. The molecule has 0 bridgehead atoms. The van der Waals surface area contributed by atoms with Crippen LogP contribution in [0.2, 0.25) is 0 Å². The first-order valence-electron chi connectivity index (χ1n) is 9.13. The van der Waals surface area contributed by atoms with Gasteiger partial charge in [0.05, 0.1) is 0 Å². The zero-order chi connectivity index (χ0) is 14.1. The fraction of sp³-hybridized carbons (Fsp3) is 1.00. The average molecular weight is 278 g/mol. The van der Waals surface area contributed by atoms with E-state index in [1.165, 1.54) is 58.0 Å². The Morgan fingerprint density at radius 2 is 1.85 bits per heavy atom. The lowest BCUT2D eigenvalue weighted by Crippen LogP contribution is -2.52. The van der Waals surface area contributed by atoms with Gasteiger partial charge in [0.1, 0.15) is 0 Å². The molecule has 2 aliphatic heterocycles. The van der Waals surface area contributed by atoms with Gasteiger partial charge in [-0.2, -0.15) is 0 Å². The monoisotopic (exact) mass is 278 g/mol. The lowest BCUT2D eigenvalue weighted by Gasteiger charge is -2.43. The third-order valence-corrected chi connectivity index (χ3v) is 6.29. The second-order valence-corrected chi connectivity index (χ2v) is 8.15. The molecule has 0 aromatic carbocycles. The lowest BCUT2D eigenvalue weighted by molar-refractivity contribution is 0.119. The predicted molar refractivity (Wildman–Crippen MR) is 85.9 cm³/mol. The minimum Gasteiger partial charge on any atom is -0.311 e. The van der Waals surface area contributed by atoms with E-state index in [9.17, 15) is 0 Å². The maximum Gasteiger partial charge on any atom is 0.0111 e. The number of rotatable bonds is 3. The summed E-state index contributed by atoms with van der Waals surface area (Å²) in [5.74, 6) is 2.67. The molecule has 2 nitrogen and oxygen atoms in total. The van der Waals surface area contributed by atoms with Crippen molar-refractivity contribution in [3.05, 3.63) is 0 Å². The Kier molecular flexibility index (Phi) is 4.72. The van der Waals surface area contributed by atoms with Crippen LogP contribution in [-0.2, 0) is 0 Å². The van der Waals surface area contributed by atoms with Gasteiger partial charge in [0.25, 0.3) is 0 Å². The quantitative estimate of drug-likeness (QED) is 0.847. The van der Waals surface area contributed by atoms with Gasteiger partial charge in [0.15, 0.2) is 0 Å². The normalized spacial score (nSPS) is 42.9. The van der Waals surface area contributed by atoms with Gasteiger partial charge in [-0.05, 0) is 69.4 Å². The van der Waals surface area contributed by atoms with Gasteiger partial charge in [0.2, 0.25) is 0 Å². The van der Waals surface area contributed by atoms with Crippen LogP contribution in [0.5, 0.6) is 0 Å². The highest BCUT2D eigenvalue weighted by Gasteiger charge is 2.36. The first kappa shape index (κ1) is 14.8. The Morgan fingerprint density at radius 1 is 1.00 bits per heavy atom. The molecule has 5 atom stereocenters. The molecule has 1 aliphatic carbocycles. The number of fused-ring (bicyclic) bond motifs is 1. The van der Waals surface area contributed by atoms with E-state index < -0.39 is 0 Å². The molecule has 0 radical (unpaired) electrons. The zero-order valence-electron chi connectivity index (χ0n) is 13.8. The number of hydrogen-bond donors (Lipinski definition) is 1. The maximum atomic E-state index is 4.11. The van der Waals surface area contributed by atoms with Crippen molar-refractivity contribution < 1.29 is 0 Å². The summed E-state index contributed by atoms with van der Waals surface area (Å²) in [6.07, 6.45) is 9.98. The molecule has 20 heavy (non-hydrogen) atoms. The summed E-state index contributed by atoms with van der Waals surface area (Å²) in [6.45, 7) is 10.0. The van der Waals surface area contributed by atoms with Crippen molar-refractivity contribution in [3.63, 3.8) is 0 Å². The van der Waals surface area contributed by atoms with Crippen molar-refractivity contribution in [1.82, 2.24) is 10.2 Å². The van der Waals surface area contributed by atoms with Crippen LogP contribution in [0.4, 0.5) is 0 Å². The van der Waals surface area contributed by atoms with Crippen LogP contribution >= 0.6 is 0 Å². The molecule has 0 spiro atoms. The van der Waals surface area contributed by atoms with Crippen LogP contribution in [-0.4, -0.2) is 36.1 Å². The van der Waals surface area contributed by atoms with Crippen molar-refractivity contribution in [3.8, 4) is 0 Å². The molecular formula is C18H34N2. The highest BCUT2D eigenvalue weighted by atomic mass is 15.2. The van der Waals surface area contributed by atoms with Crippen molar-refractivity contribution in [2.45, 2.75) is 83.8 Å². The number of hydrogen-bond acceptors (Lipinski definition) is 2. The molecule has 0 aromatic rings. The largest absolute Gasteiger partial charge is 0.311 e. The Labute approximate surface area is 125 Å². The first-order chi connectivity index (χ1) is 9.63. The SMILES string of the molecule is CC1CCC(C(C)C)C(NC2CCN3CCCC3C2)C1. The topological polar surface area (TPSA) is 15.3 Å². The predicted octanol–water partition coefficient (Wildman–Crippen LogP) is 3.66. The van der Waals surface area contributed by atoms with Gasteiger partial charge in [-0.15, -0.1) is 0 Å². The van der Waals surface area contributed by atoms with Crippen LogP contribution in [0, 0.1) is 17.8 Å². The molecule has 3 fully saturated rings. The van der Waals surface area contributed by atoms with Crippen LogP contribution in [0.25, 0.3) is 0 Å². The van der Waals surface area contributed by atoms with Crippen molar-refractivity contribution in [2.24, 2.45) is 17.8 Å². The van der Waals surface area contributed by atoms with Gasteiger partial charge >= 0.3 is 0 Å². The van der Waals surface area contributed by atoms with Gasteiger partial charge in [-0.1, -0.05) is 27.2 Å². The standard InChI is InChI=1S/C18H34N2/c1-13(2)17-7-6-14(3)11-18(17)19-15-8-10-20-9-4-5-16(20)12-15/h13-19H,4-12H2,1-3H3. The van der Waals surface area contributed by atoms with Crippen LogP contribution < -0.4 is 5.32 Å². The van der Waals surface area contributed by atoms with E-state index in [0.29, 0.717) is 0 Å². The molecule has 116 valence electrons. The highest BCUT2D eigenvalue weighted by Crippen LogP contribution is 2.35. The Bertz CT molecular complexity index is 315. The van der Waals surface area contributed by atoms with E-state index >= 15 is 0 Å². The zero-order valence-corrected chi connectivity index (χ0v) is 13.8. The van der Waals surface area contributed by atoms with Crippen LogP contribution in [0.1, 0.15) is 65.7 Å². The second-order valence-electron chi connectivity index (χ2n) is 8.15. The molecule has 3 aliphatic rings. The Balaban J connectivity index is 1.57. The smallest absolute Gasteiger partial charge is 0.0111 e. The summed E-state index contributed by atoms with van der Waals surface area (Å²) < 4.78 is 0. The fourth-order valence-corrected chi connectivity index (χ4v) is 5.07. The van der Waals surface area contributed by atoms with Crippen molar-refractivity contribution >= 4 is 0 Å². The second kappa shape index (κ2) is 6.36. The van der Waals surface area contributed by atoms with Gasteiger partial charge in [0, 0.05) is 18.1 Å². The summed E-state index contributed by atoms with van der Waals surface area (Å²) in [5, 5.41) is 4.11. The van der Waals surface area contributed by atoms with E-state index in [1.807, 2.05) is 0 Å². The maximum absolute atomic E-state index is 4.11. The average Bonchev–Trinajstić information content (AvgIpc) is 2.85. The first-order valence-corrected chi connectivity index (χ1v) is 9.13. The molecule has 0 aromatic heterocycles. The minimum absolute atomic E-state index is 0.789. The van der Waals surface area contributed by atoms with Gasteiger partial charge in [-0.25, -0.2) is 0 Å². The Morgan fingerprint density at radius 3 is 2.65 bits per heavy atom. The van der Waals surface area contributed by atoms with Crippen LogP contribution in [0.15, 0.2) is 0 Å². The Hall–Kier alpha value is -0.0800. The third kappa shape index (κ3) is 3.22. The summed E-state index contributed by atoms with van der Waals surface area (Å²) in [4.78, 5) is 2.74. The summed E-state index contributed by atoms with van der Waals surface area (Å²) in [6, 6.07) is 2.49. The van der Waals surface area contributed by atoms with E-state index in [0.717, 1.165) is 35.9 Å². The molecule has 5 unspecified atom stereocenters. The molecule has 2 heterocycles. The van der Waals surface area contributed by atoms with Crippen LogP contribution in [0.3, 0.4) is 0 Å². The highest BCUT2D eigenvalue weighted by molar-refractivity contribution is 4.93. The third-order valence-electron chi connectivity index (χ3n) is 6.29. The molecule has 1 saturated carbocycles. The van der Waals surface area contributed by atoms with Crippen molar-refractivity contribution in [2.75, 3.05) is 13.1 Å². The molecule has 2 saturated heterocycles. The molecular weight excluding hydrogens is 244 g/mol. The van der Waals surface area contributed by atoms with E-state index in [4.69, 9.17) is 0 Å². The van der Waals surface area contributed by atoms with Gasteiger partial charge < -0.3 is 10.2 Å². The number of nitrogens with zero attached hydrogens (tertiary/aromatic N) is 1. The lowest BCUT2D eigenvalue weighted by atomic mass is 9.73. The van der Waals surface area contributed by atoms with Gasteiger partial charge in [-0.3, -0.25) is 0 Å². The number of piperidine rings is 1. The fourth-order valence-electron chi connectivity index (χ4n) is 5.07. The molecule has 2 heteroatoms. The van der Waals surface area contributed by atoms with E-state index in [-0.39, 0.29) is 0 Å². The molecule has 3 rings (SSSR count).